The first kappa shape index (κ1) is 15.1. The van der Waals surface area contributed by atoms with Gasteiger partial charge in [0.15, 0.2) is 0 Å². The molecule has 0 amide bonds. The Labute approximate surface area is 110 Å². The van der Waals surface area contributed by atoms with Gasteiger partial charge < -0.3 is 13.8 Å². The Kier molecular flexibility index (Phi) is 5.75. The minimum Gasteiger partial charge on any atom is -0.466 e. The molecule has 0 bridgehead atoms. The van der Waals surface area contributed by atoms with Crippen LogP contribution >= 0.6 is 18.9 Å². The first-order valence-electron chi connectivity index (χ1n) is 5.07. The van der Waals surface area contributed by atoms with Crippen molar-refractivity contribution >= 4 is 30.5 Å². The number of carbonyl (C=O) groups excluding carboxylic acids is 1. The molecule has 0 saturated carbocycles. The van der Waals surface area contributed by atoms with Gasteiger partial charge >= 0.3 is 13.6 Å². The summed E-state index contributed by atoms with van der Waals surface area (Å²) in [4.78, 5) is 12.1. The number of ether oxygens (including phenoxy) is 1. The van der Waals surface area contributed by atoms with E-state index in [-0.39, 0.29) is 6.16 Å². The van der Waals surface area contributed by atoms with E-state index >= 15 is 0 Å². The molecule has 0 spiro atoms. The summed E-state index contributed by atoms with van der Waals surface area (Å²) in [5.41, 5.74) is 0.573. The number of carbonyl (C=O) groups is 1. The summed E-state index contributed by atoms with van der Waals surface area (Å²) >= 11 is 1.44. The lowest BCUT2D eigenvalue weighted by molar-refractivity contribution is -0.134. The monoisotopic (exact) mass is 290 g/mol. The minimum absolute atomic E-state index is 0.0234. The van der Waals surface area contributed by atoms with Crippen LogP contribution in [0.1, 0.15) is 4.88 Å². The molecule has 1 heterocycles. The zero-order valence-electron chi connectivity index (χ0n) is 10.4. The van der Waals surface area contributed by atoms with Crippen molar-refractivity contribution < 1.29 is 23.1 Å². The minimum atomic E-state index is -3.21. The van der Waals surface area contributed by atoms with Crippen LogP contribution in [0.25, 0.3) is 5.57 Å². The maximum atomic E-state index is 12.1. The first-order chi connectivity index (χ1) is 8.54. The summed E-state index contributed by atoms with van der Waals surface area (Å²) < 4.78 is 26.4. The van der Waals surface area contributed by atoms with Crippen LogP contribution in [0.15, 0.2) is 23.6 Å². The third kappa shape index (κ3) is 4.07. The normalized spacial score (nSPS) is 12.5. The van der Waals surface area contributed by atoms with E-state index in [1.807, 2.05) is 17.5 Å². The lowest BCUT2D eigenvalue weighted by Crippen LogP contribution is -2.01. The van der Waals surface area contributed by atoms with Gasteiger partial charge in [0, 0.05) is 25.2 Å². The van der Waals surface area contributed by atoms with E-state index in [0.29, 0.717) is 5.57 Å². The van der Waals surface area contributed by atoms with Crippen molar-refractivity contribution in [2.24, 2.45) is 0 Å². The van der Waals surface area contributed by atoms with Crippen molar-refractivity contribution in [2.75, 3.05) is 27.5 Å². The predicted molar refractivity (Wildman–Crippen MR) is 70.8 cm³/mol. The Balaban J connectivity index is 3.04. The van der Waals surface area contributed by atoms with Crippen molar-refractivity contribution in [1.82, 2.24) is 0 Å². The summed E-state index contributed by atoms with van der Waals surface area (Å²) in [6.45, 7) is 0. The summed E-state index contributed by atoms with van der Waals surface area (Å²) in [7, 11) is 0.702. The molecule has 1 aromatic rings. The smallest absolute Gasteiger partial charge is 0.334 e. The average Bonchev–Trinajstić information content (AvgIpc) is 2.91. The number of allylic oxidation sites excluding steroid dienone is 1. The quantitative estimate of drug-likeness (QED) is 0.458. The van der Waals surface area contributed by atoms with Gasteiger partial charge in [0.25, 0.3) is 0 Å². The Hall–Kier alpha value is -0.940. The third-order valence-corrected chi connectivity index (χ3v) is 5.04. The van der Waals surface area contributed by atoms with Crippen molar-refractivity contribution in [3.63, 3.8) is 0 Å². The highest BCUT2D eigenvalue weighted by Crippen LogP contribution is 2.49. The van der Waals surface area contributed by atoms with Crippen molar-refractivity contribution in [3.05, 3.63) is 28.5 Å². The molecule has 0 unspecified atom stereocenters. The topological polar surface area (TPSA) is 61.8 Å². The van der Waals surface area contributed by atoms with E-state index in [4.69, 9.17) is 9.05 Å². The Bertz CT molecular complexity index is 458. The van der Waals surface area contributed by atoms with Crippen LogP contribution in [-0.2, 0) is 23.1 Å². The molecule has 0 N–H and O–H groups in total. The van der Waals surface area contributed by atoms with Crippen LogP contribution < -0.4 is 0 Å². The van der Waals surface area contributed by atoms with Crippen LogP contribution in [-0.4, -0.2) is 33.5 Å². The Morgan fingerprint density at radius 2 is 2.06 bits per heavy atom. The van der Waals surface area contributed by atoms with Gasteiger partial charge in [0.1, 0.15) is 0 Å². The van der Waals surface area contributed by atoms with Gasteiger partial charge in [-0.2, -0.15) is 0 Å². The van der Waals surface area contributed by atoms with Crippen LogP contribution in [0, 0.1) is 0 Å². The largest absolute Gasteiger partial charge is 0.466 e. The van der Waals surface area contributed by atoms with Gasteiger partial charge in [-0.25, -0.2) is 4.79 Å². The molecule has 0 aliphatic rings. The van der Waals surface area contributed by atoms with Crippen LogP contribution in [0.5, 0.6) is 0 Å². The molecule has 0 aliphatic heterocycles. The standard InChI is InChI=1S/C11H15O5PS/c1-14-11(12)7-9(10-5-4-6-18-10)8-17(13,15-2)16-3/h4-7H,8H2,1-3H3/b9-7+. The maximum absolute atomic E-state index is 12.1. The summed E-state index contributed by atoms with van der Waals surface area (Å²) in [6, 6.07) is 3.67. The fraction of sp³-hybridized carbons (Fsp3) is 0.364. The highest BCUT2D eigenvalue weighted by molar-refractivity contribution is 7.54. The lowest BCUT2D eigenvalue weighted by atomic mass is 10.2. The molecule has 1 rings (SSSR count). The number of rotatable bonds is 6. The molecule has 100 valence electrons. The number of esters is 1. The number of methoxy groups -OCH3 is 1. The average molecular weight is 290 g/mol. The number of hydrogen-bond acceptors (Lipinski definition) is 6. The fourth-order valence-corrected chi connectivity index (χ4v) is 3.21. The fourth-order valence-electron chi connectivity index (χ4n) is 1.27. The lowest BCUT2D eigenvalue weighted by Gasteiger charge is -2.14. The molecular formula is C11H15O5PS. The molecule has 0 fully saturated rings. The Morgan fingerprint density at radius 3 is 2.50 bits per heavy atom. The van der Waals surface area contributed by atoms with E-state index in [1.54, 1.807) is 0 Å². The van der Waals surface area contributed by atoms with E-state index in [0.717, 1.165) is 4.88 Å². The molecule has 0 saturated heterocycles. The molecular weight excluding hydrogens is 275 g/mol. The highest BCUT2D eigenvalue weighted by Gasteiger charge is 2.24. The number of thiophene rings is 1. The van der Waals surface area contributed by atoms with Gasteiger partial charge in [-0.1, -0.05) is 6.07 Å². The van der Waals surface area contributed by atoms with Crippen molar-refractivity contribution in [2.45, 2.75) is 0 Å². The molecule has 0 aliphatic carbocycles. The predicted octanol–water partition coefficient (Wildman–Crippen LogP) is 2.79. The van der Waals surface area contributed by atoms with E-state index in [1.165, 1.54) is 38.7 Å². The van der Waals surface area contributed by atoms with E-state index < -0.39 is 13.6 Å². The van der Waals surface area contributed by atoms with Crippen molar-refractivity contribution in [1.29, 1.82) is 0 Å². The van der Waals surface area contributed by atoms with Crippen LogP contribution in [0.2, 0.25) is 0 Å². The molecule has 5 nitrogen and oxygen atoms in total. The zero-order chi connectivity index (χ0) is 13.6. The SMILES string of the molecule is COC(=O)/C=C(\CP(=O)(OC)OC)c1cccs1. The van der Waals surface area contributed by atoms with Gasteiger partial charge in [-0.15, -0.1) is 11.3 Å². The molecule has 0 aromatic carbocycles. The van der Waals surface area contributed by atoms with Gasteiger partial charge in [-0.05, 0) is 17.0 Å². The summed E-state index contributed by atoms with van der Waals surface area (Å²) in [5.74, 6) is -0.503. The molecule has 0 atom stereocenters. The van der Waals surface area contributed by atoms with Crippen LogP contribution in [0.4, 0.5) is 0 Å². The third-order valence-electron chi connectivity index (χ3n) is 2.25. The maximum Gasteiger partial charge on any atom is 0.334 e. The van der Waals surface area contributed by atoms with Gasteiger partial charge in [0.05, 0.1) is 13.3 Å². The second kappa shape index (κ2) is 6.85. The second-order valence-corrected chi connectivity index (χ2v) is 6.52. The molecule has 1 aromatic heterocycles. The molecule has 7 heteroatoms. The zero-order valence-corrected chi connectivity index (χ0v) is 12.1. The summed E-state index contributed by atoms with van der Waals surface area (Å²) in [5, 5.41) is 1.87. The first-order valence-corrected chi connectivity index (χ1v) is 7.68. The van der Waals surface area contributed by atoms with Crippen molar-refractivity contribution in [3.8, 4) is 0 Å². The molecule has 18 heavy (non-hydrogen) atoms. The van der Waals surface area contributed by atoms with Gasteiger partial charge in [0.2, 0.25) is 0 Å². The van der Waals surface area contributed by atoms with Gasteiger partial charge in [-0.3, -0.25) is 4.57 Å². The Morgan fingerprint density at radius 1 is 1.39 bits per heavy atom. The van der Waals surface area contributed by atoms with Crippen LogP contribution in [0.3, 0.4) is 0 Å². The van der Waals surface area contributed by atoms with E-state index in [9.17, 15) is 9.36 Å². The summed E-state index contributed by atoms with van der Waals surface area (Å²) in [6.07, 6.45) is 1.33. The number of hydrogen-bond donors (Lipinski definition) is 0. The molecule has 0 radical (unpaired) electrons. The van der Waals surface area contributed by atoms with E-state index in [2.05, 4.69) is 4.74 Å². The second-order valence-electron chi connectivity index (χ2n) is 3.30. The highest BCUT2D eigenvalue weighted by atomic mass is 32.1.